The Morgan fingerprint density at radius 3 is 2.47 bits per heavy atom. The summed E-state index contributed by atoms with van der Waals surface area (Å²) in [5, 5.41) is 0. The molecule has 2 aromatic rings. The maximum Gasteiger partial charge on any atom is 0.417 e. The number of hydrogen-bond acceptors (Lipinski definition) is 5. The van der Waals surface area contributed by atoms with Crippen molar-refractivity contribution in [2.75, 3.05) is 13.7 Å². The monoisotopic (exact) mass is 493 g/mol. The minimum atomic E-state index is -0.682. The highest BCUT2D eigenvalue weighted by molar-refractivity contribution is 5.94. The van der Waals surface area contributed by atoms with Gasteiger partial charge in [0.15, 0.2) is 11.5 Å². The van der Waals surface area contributed by atoms with Crippen LogP contribution in [0.4, 0.5) is 4.79 Å². The molecule has 1 saturated carbocycles. The van der Waals surface area contributed by atoms with Crippen LogP contribution in [0.1, 0.15) is 75.5 Å². The van der Waals surface area contributed by atoms with Crippen LogP contribution < -0.4 is 9.47 Å². The van der Waals surface area contributed by atoms with Crippen molar-refractivity contribution in [1.82, 2.24) is 4.90 Å². The van der Waals surface area contributed by atoms with Gasteiger partial charge in [0.05, 0.1) is 13.2 Å². The van der Waals surface area contributed by atoms with Gasteiger partial charge < -0.3 is 14.2 Å². The Labute approximate surface area is 214 Å². The average molecular weight is 494 g/mol. The first-order valence-electron chi connectivity index (χ1n) is 13.1. The molecule has 0 aromatic heterocycles. The Morgan fingerprint density at radius 1 is 1.06 bits per heavy atom. The quantitative estimate of drug-likeness (QED) is 0.464. The van der Waals surface area contributed by atoms with Crippen molar-refractivity contribution in [3.8, 4) is 11.5 Å². The van der Waals surface area contributed by atoms with Crippen molar-refractivity contribution >= 4 is 12.0 Å². The standard InChI is InChI=1S/C30H39NO5/c1-20-9-8-10-21(15-20)16-23-17-24(19-31(28(23)32)29(33)36-30(2,3)4)22-13-14-26(34-5)27(18-22)35-25-11-6-7-12-25/h8-10,13-15,18,23-25H,6-7,11-12,16-17,19H2,1-5H3/t23-,24-/m1/s1. The Balaban J connectivity index is 1.63. The SMILES string of the molecule is COc1ccc([C@@H]2C[C@@H](Cc3cccc(C)c3)C(=O)N(C(=O)OC(C)(C)C)C2)cc1OC1CCCC1. The number of hydrogen-bond donors (Lipinski definition) is 0. The first-order valence-corrected chi connectivity index (χ1v) is 13.1. The predicted octanol–water partition coefficient (Wildman–Crippen LogP) is 6.43. The number of rotatable bonds is 6. The van der Waals surface area contributed by atoms with Crippen LogP contribution in [0.3, 0.4) is 0 Å². The van der Waals surface area contributed by atoms with E-state index in [4.69, 9.17) is 14.2 Å². The molecule has 0 spiro atoms. The number of imide groups is 1. The van der Waals surface area contributed by atoms with E-state index in [1.165, 1.54) is 17.7 Å². The summed E-state index contributed by atoms with van der Waals surface area (Å²) >= 11 is 0. The Kier molecular flexibility index (Phi) is 7.91. The van der Waals surface area contributed by atoms with Crippen LogP contribution >= 0.6 is 0 Å². The van der Waals surface area contributed by atoms with Crippen LogP contribution in [-0.2, 0) is 16.0 Å². The van der Waals surface area contributed by atoms with Gasteiger partial charge in [-0.2, -0.15) is 0 Å². The van der Waals surface area contributed by atoms with Gasteiger partial charge in [0.25, 0.3) is 0 Å². The van der Waals surface area contributed by atoms with Gasteiger partial charge in [0, 0.05) is 18.4 Å². The second-order valence-electron chi connectivity index (χ2n) is 11.2. The van der Waals surface area contributed by atoms with Gasteiger partial charge in [0.2, 0.25) is 5.91 Å². The van der Waals surface area contributed by atoms with Gasteiger partial charge in [-0.05, 0) is 89.5 Å². The number of nitrogens with zero attached hydrogens (tertiary/aromatic N) is 1. The third kappa shape index (κ3) is 6.40. The molecule has 6 nitrogen and oxygen atoms in total. The average Bonchev–Trinajstić information content (AvgIpc) is 3.32. The first-order chi connectivity index (χ1) is 17.1. The zero-order valence-corrected chi connectivity index (χ0v) is 22.2. The maximum atomic E-state index is 13.5. The maximum absolute atomic E-state index is 13.5. The lowest BCUT2D eigenvalue weighted by Crippen LogP contribution is -2.50. The zero-order chi connectivity index (χ0) is 25.9. The molecule has 2 amide bonds. The van der Waals surface area contributed by atoms with E-state index in [1.54, 1.807) is 7.11 Å². The summed E-state index contributed by atoms with van der Waals surface area (Å²) in [6.07, 6.45) is 5.33. The molecule has 1 aliphatic carbocycles. The molecule has 6 heteroatoms. The molecule has 2 aromatic carbocycles. The summed E-state index contributed by atoms with van der Waals surface area (Å²) in [6, 6.07) is 14.2. The minimum absolute atomic E-state index is 0.0261. The third-order valence-electron chi connectivity index (χ3n) is 7.02. The molecule has 4 rings (SSSR count). The van der Waals surface area contributed by atoms with E-state index in [1.807, 2.05) is 64.1 Å². The number of carbonyl (C=O) groups excluding carboxylic acids is 2. The highest BCUT2D eigenvalue weighted by atomic mass is 16.6. The van der Waals surface area contributed by atoms with E-state index < -0.39 is 11.7 Å². The number of piperidine rings is 1. The van der Waals surface area contributed by atoms with Crippen molar-refractivity contribution in [2.24, 2.45) is 5.92 Å². The highest BCUT2D eigenvalue weighted by Crippen LogP contribution is 2.39. The molecule has 0 unspecified atom stereocenters. The molecule has 194 valence electrons. The topological polar surface area (TPSA) is 65.1 Å². The van der Waals surface area contributed by atoms with Gasteiger partial charge in [-0.15, -0.1) is 0 Å². The van der Waals surface area contributed by atoms with E-state index in [9.17, 15) is 9.59 Å². The van der Waals surface area contributed by atoms with Crippen molar-refractivity contribution in [3.05, 3.63) is 59.2 Å². The van der Waals surface area contributed by atoms with E-state index in [0.29, 0.717) is 18.6 Å². The Morgan fingerprint density at radius 2 is 1.81 bits per heavy atom. The molecule has 0 radical (unpaired) electrons. The van der Waals surface area contributed by atoms with Gasteiger partial charge in [0.1, 0.15) is 5.60 Å². The third-order valence-corrected chi connectivity index (χ3v) is 7.02. The lowest BCUT2D eigenvalue weighted by Gasteiger charge is -2.37. The number of methoxy groups -OCH3 is 1. The van der Waals surface area contributed by atoms with E-state index in [-0.39, 0.29) is 30.4 Å². The summed E-state index contributed by atoms with van der Waals surface area (Å²) < 4.78 is 17.5. The smallest absolute Gasteiger partial charge is 0.417 e. The molecule has 2 aliphatic rings. The lowest BCUT2D eigenvalue weighted by atomic mass is 9.81. The normalized spacial score (nSPS) is 20.9. The molecule has 36 heavy (non-hydrogen) atoms. The highest BCUT2D eigenvalue weighted by Gasteiger charge is 2.40. The van der Waals surface area contributed by atoms with Gasteiger partial charge in [-0.25, -0.2) is 9.69 Å². The molecule has 1 saturated heterocycles. The van der Waals surface area contributed by atoms with Crippen molar-refractivity contribution in [1.29, 1.82) is 0 Å². The van der Waals surface area contributed by atoms with Crippen molar-refractivity contribution < 1.29 is 23.8 Å². The second-order valence-corrected chi connectivity index (χ2v) is 11.2. The Hall–Kier alpha value is -3.02. The van der Waals surface area contributed by atoms with Crippen LogP contribution in [-0.4, -0.2) is 42.3 Å². The van der Waals surface area contributed by atoms with Crippen LogP contribution in [0.15, 0.2) is 42.5 Å². The fraction of sp³-hybridized carbons (Fsp3) is 0.533. The molecular weight excluding hydrogens is 454 g/mol. The van der Waals surface area contributed by atoms with Crippen molar-refractivity contribution in [2.45, 2.75) is 83.8 Å². The number of likely N-dealkylation sites (tertiary alicyclic amines) is 1. The van der Waals surface area contributed by atoms with Crippen LogP contribution in [0.25, 0.3) is 0 Å². The van der Waals surface area contributed by atoms with E-state index in [2.05, 4.69) is 6.07 Å². The van der Waals surface area contributed by atoms with E-state index >= 15 is 0 Å². The fourth-order valence-corrected chi connectivity index (χ4v) is 5.29. The van der Waals surface area contributed by atoms with Crippen molar-refractivity contribution in [3.63, 3.8) is 0 Å². The number of amides is 2. The van der Waals surface area contributed by atoms with Gasteiger partial charge in [-0.1, -0.05) is 35.9 Å². The summed E-state index contributed by atoms with van der Waals surface area (Å²) in [5.74, 6) is 0.926. The summed E-state index contributed by atoms with van der Waals surface area (Å²) in [7, 11) is 1.65. The molecule has 2 atom stereocenters. The number of benzene rings is 2. The predicted molar refractivity (Wildman–Crippen MR) is 140 cm³/mol. The second kappa shape index (κ2) is 10.9. The molecule has 1 heterocycles. The fourth-order valence-electron chi connectivity index (χ4n) is 5.29. The zero-order valence-electron chi connectivity index (χ0n) is 22.2. The van der Waals surface area contributed by atoms with Gasteiger partial charge in [-0.3, -0.25) is 4.79 Å². The molecule has 0 N–H and O–H groups in total. The minimum Gasteiger partial charge on any atom is -0.493 e. The summed E-state index contributed by atoms with van der Waals surface area (Å²) in [4.78, 5) is 27.9. The summed E-state index contributed by atoms with van der Waals surface area (Å²) in [6.45, 7) is 7.78. The van der Waals surface area contributed by atoms with E-state index in [0.717, 1.165) is 35.3 Å². The number of ether oxygens (including phenoxy) is 3. The Bertz CT molecular complexity index is 1080. The largest absolute Gasteiger partial charge is 0.493 e. The van der Waals surface area contributed by atoms with Crippen LogP contribution in [0.2, 0.25) is 0 Å². The lowest BCUT2D eigenvalue weighted by molar-refractivity contribution is -0.138. The molecule has 2 fully saturated rings. The molecular formula is C30H39NO5. The van der Waals surface area contributed by atoms with Crippen LogP contribution in [0.5, 0.6) is 11.5 Å². The number of carbonyl (C=O) groups is 2. The number of aryl methyl sites for hydroxylation is 1. The summed E-state index contributed by atoms with van der Waals surface area (Å²) in [5.41, 5.74) is 2.61. The van der Waals surface area contributed by atoms with Gasteiger partial charge >= 0.3 is 6.09 Å². The molecule has 1 aliphatic heterocycles. The van der Waals surface area contributed by atoms with Crippen LogP contribution in [0, 0.1) is 12.8 Å². The first kappa shape index (κ1) is 26.1. The molecule has 0 bridgehead atoms.